The van der Waals surface area contributed by atoms with Crippen LogP contribution < -0.4 is 5.73 Å². The van der Waals surface area contributed by atoms with Crippen LogP contribution in [0, 0.1) is 0 Å². The quantitative estimate of drug-likeness (QED) is 0.646. The number of carbonyl (C=O) groups is 1. The summed E-state index contributed by atoms with van der Waals surface area (Å²) in [7, 11) is 1.36. The average molecular weight is 288 g/mol. The zero-order valence-electron chi connectivity index (χ0n) is 10.6. The summed E-state index contributed by atoms with van der Waals surface area (Å²) in [6.45, 7) is 1.70. The summed E-state index contributed by atoms with van der Waals surface area (Å²) >= 11 is 7.55. The van der Waals surface area contributed by atoms with E-state index in [0.29, 0.717) is 6.42 Å². The zero-order chi connectivity index (χ0) is 13.6. The maximum absolute atomic E-state index is 11.4. The number of benzene rings is 1. The van der Waals surface area contributed by atoms with Gasteiger partial charge >= 0.3 is 5.97 Å². The molecule has 5 heteroatoms. The van der Waals surface area contributed by atoms with Crippen LogP contribution in [0.5, 0.6) is 0 Å². The third-order valence-electron chi connectivity index (χ3n) is 2.60. The molecule has 1 rings (SSSR count). The highest BCUT2D eigenvalue weighted by Gasteiger charge is 2.28. The van der Waals surface area contributed by atoms with E-state index < -0.39 is 5.54 Å². The molecule has 18 heavy (non-hydrogen) atoms. The predicted molar refractivity (Wildman–Crippen MR) is 76.8 cm³/mol. The summed E-state index contributed by atoms with van der Waals surface area (Å²) in [4.78, 5) is 11.4. The highest BCUT2D eigenvalue weighted by atomic mass is 35.5. The van der Waals surface area contributed by atoms with Crippen LogP contribution in [0.15, 0.2) is 24.3 Å². The molecule has 0 bridgehead atoms. The van der Waals surface area contributed by atoms with Crippen LogP contribution >= 0.6 is 23.4 Å². The van der Waals surface area contributed by atoms with Crippen molar-refractivity contribution in [3.63, 3.8) is 0 Å². The van der Waals surface area contributed by atoms with E-state index in [0.717, 1.165) is 16.5 Å². The first-order chi connectivity index (χ1) is 8.45. The van der Waals surface area contributed by atoms with Gasteiger partial charge in [-0.2, -0.15) is 11.8 Å². The third-order valence-corrected chi connectivity index (χ3v) is 3.88. The summed E-state index contributed by atoms with van der Waals surface area (Å²) in [5.41, 5.74) is 6.17. The Bertz CT molecular complexity index is 392. The van der Waals surface area contributed by atoms with Crippen molar-refractivity contribution < 1.29 is 9.53 Å². The minimum Gasteiger partial charge on any atom is -0.468 e. The fraction of sp³-hybridized carbons (Fsp3) is 0.462. The minimum atomic E-state index is -0.901. The molecular formula is C13H18ClNO2S. The summed E-state index contributed by atoms with van der Waals surface area (Å²) in [5, 5.41) is 0.740. The Morgan fingerprint density at radius 3 is 2.61 bits per heavy atom. The Labute approximate surface area is 117 Å². The van der Waals surface area contributed by atoms with Gasteiger partial charge in [0, 0.05) is 10.8 Å². The van der Waals surface area contributed by atoms with Crippen molar-refractivity contribution in [3.8, 4) is 0 Å². The fourth-order valence-corrected chi connectivity index (χ4v) is 2.66. The Hall–Kier alpha value is -0.710. The third kappa shape index (κ3) is 4.88. The molecule has 2 N–H and O–H groups in total. The summed E-state index contributed by atoms with van der Waals surface area (Å²) in [6.07, 6.45) is 0.595. The van der Waals surface area contributed by atoms with Gasteiger partial charge in [-0.05, 0) is 36.8 Å². The maximum atomic E-state index is 11.4. The lowest BCUT2D eigenvalue weighted by Crippen LogP contribution is -2.46. The number of carbonyl (C=O) groups excluding carboxylic acids is 1. The number of rotatable bonds is 6. The summed E-state index contributed by atoms with van der Waals surface area (Å²) < 4.78 is 4.66. The van der Waals surface area contributed by atoms with Gasteiger partial charge in [0.1, 0.15) is 5.54 Å². The Morgan fingerprint density at radius 1 is 1.44 bits per heavy atom. The Balaban J connectivity index is 2.30. The largest absolute Gasteiger partial charge is 0.468 e. The SMILES string of the molecule is COC(=O)C(C)(N)CCSCc1ccc(Cl)cc1. The second-order valence-corrected chi connectivity index (χ2v) is 5.88. The van der Waals surface area contributed by atoms with Gasteiger partial charge < -0.3 is 10.5 Å². The van der Waals surface area contributed by atoms with Crippen molar-refractivity contribution in [1.29, 1.82) is 0 Å². The van der Waals surface area contributed by atoms with Crippen LogP contribution in [0.25, 0.3) is 0 Å². The number of nitrogens with two attached hydrogens (primary N) is 1. The van der Waals surface area contributed by atoms with Crippen molar-refractivity contribution >= 4 is 29.3 Å². The van der Waals surface area contributed by atoms with Crippen molar-refractivity contribution in [2.75, 3.05) is 12.9 Å². The van der Waals surface area contributed by atoms with Gasteiger partial charge in [0.05, 0.1) is 7.11 Å². The van der Waals surface area contributed by atoms with E-state index in [4.69, 9.17) is 17.3 Å². The first-order valence-electron chi connectivity index (χ1n) is 5.65. The first-order valence-corrected chi connectivity index (χ1v) is 7.18. The highest BCUT2D eigenvalue weighted by molar-refractivity contribution is 7.98. The molecule has 0 aromatic heterocycles. The Morgan fingerprint density at radius 2 is 2.06 bits per heavy atom. The molecule has 0 spiro atoms. The summed E-state index contributed by atoms with van der Waals surface area (Å²) in [6, 6.07) is 7.74. The molecule has 1 aromatic rings. The molecule has 0 heterocycles. The number of methoxy groups -OCH3 is 1. The van der Waals surface area contributed by atoms with Crippen LogP contribution in [0.4, 0.5) is 0 Å². The lowest BCUT2D eigenvalue weighted by Gasteiger charge is -2.20. The highest BCUT2D eigenvalue weighted by Crippen LogP contribution is 2.18. The van der Waals surface area contributed by atoms with Gasteiger partial charge in [-0.1, -0.05) is 23.7 Å². The predicted octanol–water partition coefficient (Wildman–Crippen LogP) is 2.85. The number of hydrogen-bond donors (Lipinski definition) is 1. The monoisotopic (exact) mass is 287 g/mol. The number of halogens is 1. The van der Waals surface area contributed by atoms with E-state index in [-0.39, 0.29) is 5.97 Å². The number of hydrogen-bond acceptors (Lipinski definition) is 4. The van der Waals surface area contributed by atoms with Crippen LogP contribution in [0.2, 0.25) is 5.02 Å². The molecule has 100 valence electrons. The van der Waals surface area contributed by atoms with Crippen LogP contribution in [-0.4, -0.2) is 24.4 Å². The lowest BCUT2D eigenvalue weighted by molar-refractivity contribution is -0.146. The normalized spacial score (nSPS) is 14.0. The molecule has 0 saturated heterocycles. The molecule has 0 aliphatic carbocycles. The lowest BCUT2D eigenvalue weighted by atomic mass is 10.0. The van der Waals surface area contributed by atoms with Crippen molar-refractivity contribution in [2.24, 2.45) is 5.73 Å². The van der Waals surface area contributed by atoms with Crippen LogP contribution in [0.1, 0.15) is 18.9 Å². The molecule has 0 fully saturated rings. The van der Waals surface area contributed by atoms with E-state index in [9.17, 15) is 4.79 Å². The molecule has 3 nitrogen and oxygen atoms in total. The minimum absolute atomic E-state index is 0.366. The Kier molecular flexibility index (Phi) is 5.99. The van der Waals surface area contributed by atoms with E-state index >= 15 is 0 Å². The molecule has 0 aliphatic rings. The van der Waals surface area contributed by atoms with E-state index in [2.05, 4.69) is 4.74 Å². The van der Waals surface area contributed by atoms with Crippen molar-refractivity contribution in [2.45, 2.75) is 24.6 Å². The molecule has 1 aromatic carbocycles. The smallest absolute Gasteiger partial charge is 0.325 e. The number of esters is 1. The number of ether oxygens (including phenoxy) is 1. The second-order valence-electron chi connectivity index (χ2n) is 4.34. The van der Waals surface area contributed by atoms with E-state index in [1.807, 2.05) is 24.3 Å². The molecule has 0 aliphatic heterocycles. The van der Waals surface area contributed by atoms with Gasteiger partial charge in [0.25, 0.3) is 0 Å². The molecule has 0 saturated carbocycles. The van der Waals surface area contributed by atoms with Gasteiger partial charge in [0.15, 0.2) is 0 Å². The van der Waals surface area contributed by atoms with E-state index in [1.165, 1.54) is 12.7 Å². The van der Waals surface area contributed by atoms with Gasteiger partial charge in [-0.3, -0.25) is 4.79 Å². The first kappa shape index (κ1) is 15.3. The van der Waals surface area contributed by atoms with Crippen LogP contribution in [-0.2, 0) is 15.3 Å². The van der Waals surface area contributed by atoms with Gasteiger partial charge in [-0.15, -0.1) is 0 Å². The standard InChI is InChI=1S/C13H18ClNO2S/c1-13(15,12(16)17-2)7-8-18-9-10-3-5-11(14)6-4-10/h3-6H,7-9,15H2,1-2H3. The maximum Gasteiger partial charge on any atom is 0.325 e. The second kappa shape index (κ2) is 7.02. The molecular weight excluding hydrogens is 270 g/mol. The number of thioether (sulfide) groups is 1. The average Bonchev–Trinajstić information content (AvgIpc) is 2.35. The fourth-order valence-electron chi connectivity index (χ4n) is 1.39. The van der Waals surface area contributed by atoms with Crippen molar-refractivity contribution in [1.82, 2.24) is 0 Å². The topological polar surface area (TPSA) is 52.3 Å². The van der Waals surface area contributed by atoms with Gasteiger partial charge in [0.2, 0.25) is 0 Å². The molecule has 1 atom stereocenters. The van der Waals surface area contributed by atoms with Gasteiger partial charge in [-0.25, -0.2) is 0 Å². The molecule has 0 amide bonds. The van der Waals surface area contributed by atoms with Crippen molar-refractivity contribution in [3.05, 3.63) is 34.9 Å². The zero-order valence-corrected chi connectivity index (χ0v) is 12.2. The summed E-state index contributed by atoms with van der Waals surface area (Å²) in [5.74, 6) is 1.33. The molecule has 0 radical (unpaired) electrons. The van der Waals surface area contributed by atoms with E-state index in [1.54, 1.807) is 18.7 Å². The van der Waals surface area contributed by atoms with Crippen LogP contribution in [0.3, 0.4) is 0 Å². The molecule has 1 unspecified atom stereocenters.